The fourth-order valence-electron chi connectivity index (χ4n) is 2.89. The van der Waals surface area contributed by atoms with E-state index in [-0.39, 0.29) is 6.42 Å². The van der Waals surface area contributed by atoms with Gasteiger partial charge in [-0.05, 0) is 6.42 Å². The van der Waals surface area contributed by atoms with Gasteiger partial charge in [-0.3, -0.25) is 32.4 Å². The van der Waals surface area contributed by atoms with E-state index in [2.05, 4.69) is 22.2 Å². The molecule has 0 spiro atoms. The molecule has 7 atom stereocenters. The van der Waals surface area contributed by atoms with Crippen molar-refractivity contribution in [2.45, 2.75) is 24.7 Å². The molecule has 16 nitrogen and oxygen atoms in total. The highest BCUT2D eigenvalue weighted by Crippen LogP contribution is 2.71. The van der Waals surface area contributed by atoms with Gasteiger partial charge in [-0.25, -0.2) is 18.5 Å². The number of aromatic nitrogens is 2. The summed E-state index contributed by atoms with van der Waals surface area (Å²) in [5.41, 5.74) is -1.46. The molecule has 1 aromatic heterocycles. The minimum Gasteiger partial charge on any atom is -0.390 e. The van der Waals surface area contributed by atoms with Crippen molar-refractivity contribution in [3.05, 3.63) is 33.1 Å². The number of aromatic amines is 1. The lowest BCUT2D eigenvalue weighted by Gasteiger charge is -2.23. The van der Waals surface area contributed by atoms with Crippen molar-refractivity contribution < 1.29 is 55.5 Å². The number of nitrogens with one attached hydrogen (secondary N) is 1. The highest BCUT2D eigenvalue weighted by atomic mass is 31.3. The fraction of sp³-hybridized carbons (Fsp3) is 0.692. The Bertz CT molecular complexity index is 1050. The van der Waals surface area contributed by atoms with Gasteiger partial charge in [0.25, 0.3) is 5.56 Å². The quantitative estimate of drug-likeness (QED) is 0.283. The molecule has 2 rings (SSSR count). The number of phosphoric ester groups is 2. The number of H-pyrrole nitrogens is 1. The molecule has 1 aliphatic carbocycles. The highest BCUT2D eigenvalue weighted by molar-refractivity contribution is 7.67. The van der Waals surface area contributed by atoms with Crippen molar-refractivity contribution in [3.63, 3.8) is 0 Å². The molecule has 19 heteroatoms. The largest absolute Gasteiger partial charge is 0.492 e. The van der Waals surface area contributed by atoms with Crippen LogP contribution in [0.3, 0.4) is 0 Å². The Morgan fingerprint density at radius 2 is 1.66 bits per heavy atom. The van der Waals surface area contributed by atoms with Gasteiger partial charge >= 0.3 is 29.2 Å². The topological polar surface area (TPSA) is 222 Å². The van der Waals surface area contributed by atoms with E-state index >= 15 is 0 Å². The molecule has 1 aromatic rings. The molecule has 184 valence electrons. The van der Waals surface area contributed by atoms with Gasteiger partial charge < -0.3 is 15.1 Å². The van der Waals surface area contributed by atoms with Gasteiger partial charge in [-0.2, -0.15) is 8.62 Å². The van der Waals surface area contributed by atoms with Crippen LogP contribution < -0.4 is 11.2 Å². The second-order valence-electron chi connectivity index (χ2n) is 6.43. The van der Waals surface area contributed by atoms with Crippen LogP contribution in [0.25, 0.3) is 0 Å². The molecule has 1 heterocycles. The van der Waals surface area contributed by atoms with Crippen LogP contribution in [-0.4, -0.2) is 64.8 Å². The summed E-state index contributed by atoms with van der Waals surface area (Å²) in [6, 6.07) is 0.0978. The summed E-state index contributed by atoms with van der Waals surface area (Å²) in [6.45, 7) is -0.595. The van der Waals surface area contributed by atoms with Crippen molar-refractivity contribution in [3.8, 4) is 0 Å². The molecule has 32 heavy (non-hydrogen) atoms. The normalized spacial score (nSPS) is 29.2. The zero-order valence-electron chi connectivity index (χ0n) is 17.0. The second-order valence-corrected chi connectivity index (χ2v) is 11.8. The van der Waals surface area contributed by atoms with Crippen LogP contribution >= 0.6 is 23.5 Å². The van der Waals surface area contributed by atoms with Gasteiger partial charge in [-0.15, -0.1) is 0 Å². The molecule has 0 aliphatic heterocycles. The van der Waals surface area contributed by atoms with E-state index in [4.69, 9.17) is 4.52 Å². The first-order chi connectivity index (χ1) is 14.8. The SMILES string of the molecule is COP(=O)(O)OP(=O)(OC)OP(=O)(OC)OCC1CC(n2ccc(=O)[nH]c2=O)C(O)C1O. The molecular formula is C13H23N2O14P3. The van der Waals surface area contributed by atoms with Gasteiger partial charge in [0.15, 0.2) is 0 Å². The molecule has 0 amide bonds. The molecule has 1 aliphatic rings. The van der Waals surface area contributed by atoms with E-state index < -0.39 is 65.5 Å². The summed E-state index contributed by atoms with van der Waals surface area (Å²) < 4.78 is 64.5. The number of hydrogen-bond donors (Lipinski definition) is 4. The lowest BCUT2D eigenvalue weighted by atomic mass is 10.1. The summed E-state index contributed by atoms with van der Waals surface area (Å²) in [7, 11) is -12.2. The van der Waals surface area contributed by atoms with Gasteiger partial charge in [0.05, 0.1) is 18.8 Å². The zero-order chi connectivity index (χ0) is 24.3. The third kappa shape index (κ3) is 6.54. The fourth-order valence-corrected chi connectivity index (χ4v) is 7.00. The van der Waals surface area contributed by atoms with E-state index in [1.54, 1.807) is 0 Å². The molecule has 1 saturated carbocycles. The third-order valence-electron chi connectivity index (χ3n) is 4.51. The van der Waals surface area contributed by atoms with E-state index in [0.717, 1.165) is 38.2 Å². The predicted molar refractivity (Wildman–Crippen MR) is 105 cm³/mol. The van der Waals surface area contributed by atoms with Crippen molar-refractivity contribution in [2.75, 3.05) is 27.9 Å². The maximum atomic E-state index is 12.7. The van der Waals surface area contributed by atoms with E-state index in [1.165, 1.54) is 0 Å². The average Bonchev–Trinajstić information content (AvgIpc) is 3.00. The monoisotopic (exact) mass is 524 g/mol. The minimum absolute atomic E-state index is 0.0635. The third-order valence-corrected chi connectivity index (χ3v) is 9.55. The lowest BCUT2D eigenvalue weighted by molar-refractivity contribution is -0.00510. The summed E-state index contributed by atoms with van der Waals surface area (Å²) in [5, 5.41) is 20.6. The van der Waals surface area contributed by atoms with E-state index in [0.29, 0.717) is 0 Å². The smallest absolute Gasteiger partial charge is 0.390 e. The second kappa shape index (κ2) is 10.5. The highest BCUT2D eigenvalue weighted by Gasteiger charge is 2.47. The molecule has 0 bridgehead atoms. The van der Waals surface area contributed by atoms with Crippen LogP contribution in [0.4, 0.5) is 0 Å². The van der Waals surface area contributed by atoms with Gasteiger partial charge in [-0.1, -0.05) is 0 Å². The number of nitrogens with zero attached hydrogens (tertiary/aromatic N) is 1. The van der Waals surface area contributed by atoms with Crippen LogP contribution in [0.5, 0.6) is 0 Å². The van der Waals surface area contributed by atoms with Crippen LogP contribution in [0.15, 0.2) is 21.9 Å². The van der Waals surface area contributed by atoms with Crippen molar-refractivity contribution in [1.29, 1.82) is 0 Å². The van der Waals surface area contributed by atoms with Gasteiger partial charge in [0.1, 0.15) is 6.10 Å². The number of rotatable bonds is 11. The van der Waals surface area contributed by atoms with Crippen LogP contribution in [0.2, 0.25) is 0 Å². The van der Waals surface area contributed by atoms with Crippen molar-refractivity contribution in [2.24, 2.45) is 5.92 Å². The zero-order valence-corrected chi connectivity index (χ0v) is 19.7. The molecular weight excluding hydrogens is 501 g/mol. The first-order valence-corrected chi connectivity index (χ1v) is 13.1. The summed E-state index contributed by atoms with van der Waals surface area (Å²) in [4.78, 5) is 34.5. The summed E-state index contributed by atoms with van der Waals surface area (Å²) in [6.07, 6.45) is -1.83. The molecule has 0 radical (unpaired) electrons. The standard InChI is InChI=1S/C13H23N2O14P3/c1-24-30(20,21)28-32(23,26-3)29-31(22,25-2)27-7-8-6-9(12(18)11(8)17)15-5-4-10(16)14-13(15)19/h4-5,8-9,11-12,17-18H,6-7H2,1-3H3,(H,20,21)(H,14,16,19). The number of aliphatic hydroxyl groups is 2. The number of hydrogen-bond acceptors (Lipinski definition) is 13. The molecule has 1 fully saturated rings. The number of aliphatic hydroxyl groups excluding tert-OH is 2. The van der Waals surface area contributed by atoms with Crippen LogP contribution in [0, 0.1) is 5.92 Å². The first kappa shape index (κ1) is 27.3. The molecule has 0 saturated heterocycles. The Kier molecular flexibility index (Phi) is 8.96. The van der Waals surface area contributed by atoms with Crippen molar-refractivity contribution >= 4 is 23.5 Å². The lowest BCUT2D eigenvalue weighted by Crippen LogP contribution is -2.37. The van der Waals surface area contributed by atoms with Crippen LogP contribution in [0.1, 0.15) is 12.5 Å². The average molecular weight is 524 g/mol. The van der Waals surface area contributed by atoms with Crippen molar-refractivity contribution in [1.82, 2.24) is 9.55 Å². The molecule has 0 aromatic carbocycles. The summed E-state index contributed by atoms with van der Waals surface area (Å²) >= 11 is 0. The van der Waals surface area contributed by atoms with E-state index in [9.17, 15) is 38.4 Å². The predicted octanol–water partition coefficient (Wildman–Crippen LogP) is 0.125. The number of phosphoric acid groups is 3. The molecule has 4 N–H and O–H groups in total. The Hall–Kier alpha value is -0.990. The molecule has 7 unspecified atom stereocenters. The Balaban J connectivity index is 2.13. The summed E-state index contributed by atoms with van der Waals surface area (Å²) in [5.74, 6) is -0.924. The van der Waals surface area contributed by atoms with Gasteiger partial charge in [0.2, 0.25) is 0 Å². The Morgan fingerprint density at radius 1 is 1.03 bits per heavy atom. The van der Waals surface area contributed by atoms with Gasteiger partial charge in [0, 0.05) is 39.5 Å². The maximum absolute atomic E-state index is 12.7. The first-order valence-electron chi connectivity index (χ1n) is 8.73. The Labute approximate surface area is 180 Å². The van der Waals surface area contributed by atoms with E-state index in [1.807, 2.05) is 4.98 Å². The van der Waals surface area contributed by atoms with Crippen LogP contribution in [-0.2, 0) is 40.4 Å². The maximum Gasteiger partial charge on any atom is 0.492 e. The minimum atomic E-state index is -4.98. The Morgan fingerprint density at radius 3 is 2.19 bits per heavy atom.